The highest BCUT2D eigenvalue weighted by molar-refractivity contribution is 5.87. The quantitative estimate of drug-likeness (QED) is 0.366. The van der Waals surface area contributed by atoms with E-state index in [4.69, 9.17) is 4.74 Å². The number of aromatic nitrogens is 1. The molecule has 166 valence electrons. The molecule has 0 aliphatic carbocycles. The number of aryl methyl sites for hydroxylation is 1. The molecular weight excluding hydrogens is 413 g/mol. The largest absolute Gasteiger partial charge is 0.482 e. The molecule has 0 bridgehead atoms. The van der Waals surface area contributed by atoms with Gasteiger partial charge in [0.05, 0.1) is 24.7 Å². The first-order valence-corrected chi connectivity index (χ1v) is 10.4. The van der Waals surface area contributed by atoms with E-state index in [1.807, 2.05) is 18.2 Å². The number of hydrogen-bond donors (Lipinski definition) is 1. The molecule has 4 aromatic rings. The summed E-state index contributed by atoms with van der Waals surface area (Å²) in [6.45, 7) is 3.51. The molecule has 32 heavy (non-hydrogen) atoms. The van der Waals surface area contributed by atoms with Gasteiger partial charge in [0.15, 0.2) is 5.88 Å². The lowest BCUT2D eigenvalue weighted by atomic mass is 10.1. The van der Waals surface area contributed by atoms with Crippen LogP contribution in [0.5, 0.6) is 5.88 Å². The summed E-state index contributed by atoms with van der Waals surface area (Å²) in [6, 6.07) is 21.8. The molecule has 3 aromatic carbocycles. The highest BCUT2D eigenvalue weighted by Gasteiger charge is 2.30. The van der Waals surface area contributed by atoms with E-state index >= 15 is 0 Å². The van der Waals surface area contributed by atoms with Gasteiger partial charge in [-0.15, -0.1) is 0 Å². The predicted octanol–water partition coefficient (Wildman–Crippen LogP) is 6.32. The maximum absolute atomic E-state index is 13.0. The lowest BCUT2D eigenvalue weighted by molar-refractivity contribution is -0.137. The molecule has 1 N–H and O–H groups in total. The molecule has 0 unspecified atom stereocenters. The Morgan fingerprint density at radius 1 is 0.875 bits per heavy atom. The summed E-state index contributed by atoms with van der Waals surface area (Å²) >= 11 is 0. The predicted molar refractivity (Wildman–Crippen MR) is 121 cm³/mol. The third-order valence-corrected chi connectivity index (χ3v) is 5.53. The number of alkyl halides is 3. The van der Waals surface area contributed by atoms with Crippen LogP contribution in [0, 0.1) is 6.92 Å². The van der Waals surface area contributed by atoms with Gasteiger partial charge in [-0.1, -0.05) is 60.7 Å². The average Bonchev–Trinajstić information content (AvgIpc) is 3.06. The van der Waals surface area contributed by atoms with E-state index in [2.05, 4.69) is 47.1 Å². The second-order valence-electron chi connectivity index (χ2n) is 7.88. The third-order valence-electron chi connectivity index (χ3n) is 5.53. The molecule has 1 aromatic heterocycles. The van der Waals surface area contributed by atoms with Crippen molar-refractivity contribution in [1.82, 2.24) is 9.88 Å². The summed E-state index contributed by atoms with van der Waals surface area (Å²) in [5.74, 6) is 0.756. The molecule has 0 aliphatic heterocycles. The third kappa shape index (κ3) is 4.65. The summed E-state index contributed by atoms with van der Waals surface area (Å²) in [7, 11) is 1.65. The average molecular weight is 438 g/mol. The minimum atomic E-state index is -4.35. The van der Waals surface area contributed by atoms with Crippen molar-refractivity contribution in [1.29, 1.82) is 0 Å². The number of methoxy groups -OCH3 is 1. The molecule has 1 heterocycles. The van der Waals surface area contributed by atoms with Gasteiger partial charge in [0, 0.05) is 24.0 Å². The zero-order valence-corrected chi connectivity index (χ0v) is 18.0. The van der Waals surface area contributed by atoms with Gasteiger partial charge in [-0.3, -0.25) is 0 Å². The van der Waals surface area contributed by atoms with Crippen molar-refractivity contribution in [3.63, 3.8) is 0 Å². The molecule has 0 saturated carbocycles. The van der Waals surface area contributed by atoms with Gasteiger partial charge in [-0.25, -0.2) is 0 Å². The maximum Gasteiger partial charge on any atom is 0.416 e. The van der Waals surface area contributed by atoms with Gasteiger partial charge >= 0.3 is 6.18 Å². The standard InChI is InChI=1S/C26H25F3N2O/c1-18-11-12-22-23(16-30-15-20-9-6-10-21(14-20)26(27,28)29)25(32-2)31(24(22)13-18)17-19-7-4-3-5-8-19/h3-14,30H,15-17H2,1-2H3. The zero-order valence-electron chi connectivity index (χ0n) is 18.0. The number of ether oxygens (including phenoxy) is 1. The van der Waals surface area contributed by atoms with Crippen LogP contribution in [0.1, 0.15) is 27.8 Å². The second kappa shape index (κ2) is 9.09. The molecule has 0 aliphatic rings. The molecule has 6 heteroatoms. The Morgan fingerprint density at radius 2 is 1.62 bits per heavy atom. The van der Waals surface area contributed by atoms with Gasteiger partial charge in [-0.2, -0.15) is 13.2 Å². The highest BCUT2D eigenvalue weighted by Crippen LogP contribution is 2.34. The van der Waals surface area contributed by atoms with Gasteiger partial charge < -0.3 is 14.6 Å². The fourth-order valence-electron chi connectivity index (χ4n) is 4.02. The Kier molecular flexibility index (Phi) is 6.24. The van der Waals surface area contributed by atoms with Crippen LogP contribution in [0.15, 0.2) is 72.8 Å². The van der Waals surface area contributed by atoms with Crippen LogP contribution in [-0.4, -0.2) is 11.7 Å². The van der Waals surface area contributed by atoms with Crippen molar-refractivity contribution in [3.05, 3.63) is 101 Å². The summed E-state index contributed by atoms with van der Waals surface area (Å²) in [5, 5.41) is 4.36. The first-order chi connectivity index (χ1) is 15.4. The second-order valence-corrected chi connectivity index (χ2v) is 7.88. The van der Waals surface area contributed by atoms with E-state index in [1.54, 1.807) is 13.2 Å². The van der Waals surface area contributed by atoms with Crippen molar-refractivity contribution in [2.24, 2.45) is 0 Å². The molecular formula is C26H25F3N2O. The summed E-state index contributed by atoms with van der Waals surface area (Å²) in [5.41, 5.74) is 4.32. The molecule has 0 saturated heterocycles. The van der Waals surface area contributed by atoms with E-state index in [-0.39, 0.29) is 0 Å². The zero-order chi connectivity index (χ0) is 22.7. The van der Waals surface area contributed by atoms with Crippen LogP contribution >= 0.6 is 0 Å². The monoisotopic (exact) mass is 438 g/mol. The minimum absolute atomic E-state index is 0.324. The molecule has 0 spiro atoms. The Balaban J connectivity index is 1.63. The van der Waals surface area contributed by atoms with Crippen molar-refractivity contribution in [2.45, 2.75) is 32.7 Å². The number of rotatable bonds is 7. The highest BCUT2D eigenvalue weighted by atomic mass is 19.4. The van der Waals surface area contributed by atoms with Gasteiger partial charge in [0.2, 0.25) is 0 Å². The topological polar surface area (TPSA) is 26.2 Å². The van der Waals surface area contributed by atoms with Gasteiger partial charge in [0.1, 0.15) is 0 Å². The summed E-state index contributed by atoms with van der Waals surface area (Å²) in [4.78, 5) is 0. The van der Waals surface area contributed by atoms with Crippen LogP contribution in [0.4, 0.5) is 13.2 Å². The minimum Gasteiger partial charge on any atom is -0.482 e. The lowest BCUT2D eigenvalue weighted by Gasteiger charge is -2.12. The summed E-state index contributed by atoms with van der Waals surface area (Å²) < 4.78 is 47.0. The molecule has 4 rings (SSSR count). The fraction of sp³-hybridized carbons (Fsp3) is 0.231. The number of fused-ring (bicyclic) bond motifs is 1. The number of hydrogen-bond acceptors (Lipinski definition) is 2. The van der Waals surface area contributed by atoms with E-state index in [0.29, 0.717) is 25.2 Å². The van der Waals surface area contributed by atoms with Crippen molar-refractivity contribution in [3.8, 4) is 5.88 Å². The molecule has 3 nitrogen and oxygen atoms in total. The Bertz CT molecular complexity index is 1210. The first-order valence-electron chi connectivity index (χ1n) is 10.4. The Labute approximate surface area is 185 Å². The molecule has 0 radical (unpaired) electrons. The van der Waals surface area contributed by atoms with Crippen LogP contribution in [-0.2, 0) is 25.8 Å². The van der Waals surface area contributed by atoms with E-state index < -0.39 is 11.7 Å². The first kappa shape index (κ1) is 22.0. The van der Waals surface area contributed by atoms with Crippen LogP contribution in [0.3, 0.4) is 0 Å². The molecule has 0 atom stereocenters. The van der Waals surface area contributed by atoms with Crippen molar-refractivity contribution >= 4 is 10.9 Å². The van der Waals surface area contributed by atoms with Crippen molar-refractivity contribution in [2.75, 3.05) is 7.11 Å². The van der Waals surface area contributed by atoms with Gasteiger partial charge in [-0.05, 0) is 35.7 Å². The lowest BCUT2D eigenvalue weighted by Crippen LogP contribution is -2.14. The SMILES string of the molecule is COc1c(CNCc2cccc(C(F)(F)F)c2)c2ccc(C)cc2n1Cc1ccccc1. The molecule has 0 amide bonds. The van der Waals surface area contributed by atoms with Gasteiger partial charge in [0.25, 0.3) is 0 Å². The van der Waals surface area contributed by atoms with Crippen LogP contribution < -0.4 is 10.1 Å². The maximum atomic E-state index is 13.0. The van der Waals surface area contributed by atoms with Crippen LogP contribution in [0.25, 0.3) is 10.9 Å². The number of nitrogens with zero attached hydrogens (tertiary/aromatic N) is 1. The number of benzene rings is 3. The number of halogens is 3. The fourth-order valence-corrected chi connectivity index (χ4v) is 4.02. The summed E-state index contributed by atoms with van der Waals surface area (Å²) in [6.07, 6.45) is -4.35. The van der Waals surface area contributed by atoms with Crippen molar-refractivity contribution < 1.29 is 17.9 Å². The van der Waals surface area contributed by atoms with E-state index in [1.165, 1.54) is 12.1 Å². The van der Waals surface area contributed by atoms with Crippen LogP contribution in [0.2, 0.25) is 0 Å². The van der Waals surface area contributed by atoms with E-state index in [9.17, 15) is 13.2 Å². The Hall–Kier alpha value is -3.25. The number of nitrogens with one attached hydrogen (secondary N) is 1. The normalized spacial score (nSPS) is 11.8. The smallest absolute Gasteiger partial charge is 0.416 e. The van der Waals surface area contributed by atoms with E-state index in [0.717, 1.165) is 39.5 Å². The molecule has 0 fully saturated rings. The Morgan fingerprint density at radius 3 is 2.34 bits per heavy atom.